The average molecular weight is 503 g/mol. The molecule has 2 heterocycles. The first-order chi connectivity index (χ1) is 16.9. The number of alkyl halides is 3. The Hall–Kier alpha value is -4.06. The van der Waals surface area contributed by atoms with E-state index in [1.807, 2.05) is 43.3 Å². The van der Waals surface area contributed by atoms with Crippen LogP contribution in [0.3, 0.4) is 0 Å². The second-order valence-corrected chi connectivity index (χ2v) is 8.54. The lowest BCUT2D eigenvalue weighted by molar-refractivity contribution is -0.274. The van der Waals surface area contributed by atoms with Crippen LogP contribution < -0.4 is 20.7 Å². The number of hydrogen-bond acceptors (Lipinski definition) is 6. The summed E-state index contributed by atoms with van der Waals surface area (Å²) in [7, 11) is 6.73. The van der Waals surface area contributed by atoms with Crippen LogP contribution in [0.5, 0.6) is 17.5 Å². The number of imidazole rings is 1. The molecular formula is C24H24F3N5O4. The maximum Gasteiger partial charge on any atom is 0.573 e. The number of halogens is 3. The van der Waals surface area contributed by atoms with Crippen molar-refractivity contribution in [1.29, 1.82) is 0 Å². The van der Waals surface area contributed by atoms with Gasteiger partial charge in [-0.05, 0) is 37.4 Å². The molecule has 2 aromatic heterocycles. The molecule has 2 aromatic carbocycles. The maximum absolute atomic E-state index is 13.1. The third-order valence-corrected chi connectivity index (χ3v) is 5.39. The van der Waals surface area contributed by atoms with Gasteiger partial charge in [-0.3, -0.25) is 18.5 Å². The highest BCUT2D eigenvalue weighted by Crippen LogP contribution is 2.30. The highest BCUT2D eigenvalue weighted by Gasteiger charge is 2.31. The molecule has 0 aliphatic heterocycles. The molecule has 0 atom stereocenters. The number of aryl methyl sites for hydroxylation is 1. The Kier molecular flexibility index (Phi) is 6.63. The van der Waals surface area contributed by atoms with Crippen molar-refractivity contribution >= 4 is 11.2 Å². The van der Waals surface area contributed by atoms with Crippen molar-refractivity contribution < 1.29 is 22.6 Å². The monoisotopic (exact) mass is 503 g/mol. The second kappa shape index (κ2) is 9.53. The van der Waals surface area contributed by atoms with E-state index in [0.717, 1.165) is 27.8 Å². The highest BCUT2D eigenvalue weighted by molar-refractivity contribution is 5.72. The van der Waals surface area contributed by atoms with Gasteiger partial charge in [0, 0.05) is 26.7 Å². The van der Waals surface area contributed by atoms with E-state index in [9.17, 15) is 22.8 Å². The number of fused-ring (bicyclic) bond motifs is 1. The van der Waals surface area contributed by atoms with E-state index in [1.54, 1.807) is 0 Å². The van der Waals surface area contributed by atoms with Crippen LogP contribution in [0.2, 0.25) is 0 Å². The summed E-state index contributed by atoms with van der Waals surface area (Å²) in [5.74, 6) is -0.459. The molecule has 0 saturated heterocycles. The van der Waals surface area contributed by atoms with Crippen molar-refractivity contribution in [1.82, 2.24) is 23.6 Å². The molecule has 0 aliphatic rings. The molecule has 190 valence electrons. The maximum atomic E-state index is 13.1. The summed E-state index contributed by atoms with van der Waals surface area (Å²) in [5, 5.41) is 0. The zero-order chi connectivity index (χ0) is 26.2. The van der Waals surface area contributed by atoms with E-state index in [1.165, 1.54) is 35.4 Å². The molecule has 0 spiro atoms. The third kappa shape index (κ3) is 5.28. The van der Waals surface area contributed by atoms with Crippen LogP contribution in [-0.2, 0) is 27.2 Å². The number of hydrogen-bond donors (Lipinski definition) is 0. The molecule has 0 radical (unpaired) electrons. The lowest BCUT2D eigenvalue weighted by Gasteiger charge is -2.14. The van der Waals surface area contributed by atoms with Gasteiger partial charge in [0.05, 0.1) is 6.54 Å². The Morgan fingerprint density at radius 3 is 2.31 bits per heavy atom. The van der Waals surface area contributed by atoms with Crippen LogP contribution in [-0.4, -0.2) is 44.0 Å². The third-order valence-electron chi connectivity index (χ3n) is 5.39. The summed E-state index contributed by atoms with van der Waals surface area (Å²) >= 11 is 0. The minimum Gasteiger partial charge on any atom is -0.425 e. The largest absolute Gasteiger partial charge is 0.573 e. The van der Waals surface area contributed by atoms with Gasteiger partial charge in [-0.25, -0.2) is 4.79 Å². The Bertz CT molecular complexity index is 1540. The van der Waals surface area contributed by atoms with Gasteiger partial charge in [-0.15, -0.1) is 13.2 Å². The van der Waals surface area contributed by atoms with Crippen molar-refractivity contribution in [2.45, 2.75) is 19.5 Å². The van der Waals surface area contributed by atoms with Crippen LogP contribution in [0, 0.1) is 0 Å². The summed E-state index contributed by atoms with van der Waals surface area (Å²) in [6, 6.07) is 12.6. The fourth-order valence-corrected chi connectivity index (χ4v) is 3.87. The number of aromatic nitrogens is 4. The predicted octanol–water partition coefficient (Wildman–Crippen LogP) is 3.23. The molecule has 0 bridgehead atoms. The van der Waals surface area contributed by atoms with Gasteiger partial charge in [0.2, 0.25) is 0 Å². The Morgan fingerprint density at radius 1 is 0.944 bits per heavy atom. The zero-order valence-electron chi connectivity index (χ0n) is 20.0. The Balaban J connectivity index is 1.83. The fraction of sp³-hybridized carbons (Fsp3) is 0.292. The molecule has 12 heteroatoms. The van der Waals surface area contributed by atoms with Crippen molar-refractivity contribution in [3.63, 3.8) is 0 Å². The van der Waals surface area contributed by atoms with Crippen molar-refractivity contribution in [2.75, 3.05) is 14.1 Å². The fourth-order valence-electron chi connectivity index (χ4n) is 3.87. The van der Waals surface area contributed by atoms with E-state index in [0.29, 0.717) is 6.54 Å². The van der Waals surface area contributed by atoms with Crippen LogP contribution in [0.25, 0.3) is 11.2 Å². The summed E-state index contributed by atoms with van der Waals surface area (Å²) < 4.78 is 51.5. The van der Waals surface area contributed by atoms with E-state index in [2.05, 4.69) is 9.72 Å². The number of nitrogens with zero attached hydrogens (tertiary/aromatic N) is 5. The van der Waals surface area contributed by atoms with Crippen molar-refractivity contribution in [3.05, 3.63) is 80.5 Å². The lowest BCUT2D eigenvalue weighted by atomic mass is 10.1. The van der Waals surface area contributed by atoms with Crippen LogP contribution >= 0.6 is 0 Å². The van der Waals surface area contributed by atoms with Crippen molar-refractivity contribution in [3.8, 4) is 17.5 Å². The highest BCUT2D eigenvalue weighted by atomic mass is 19.4. The van der Waals surface area contributed by atoms with Crippen LogP contribution in [0.1, 0.15) is 11.1 Å². The first kappa shape index (κ1) is 25.0. The molecule has 0 N–H and O–H groups in total. The molecule has 0 saturated carbocycles. The number of ether oxygens (including phenoxy) is 2. The minimum absolute atomic E-state index is 0.0106. The number of rotatable bonds is 7. The normalized spacial score (nSPS) is 11.9. The first-order valence-corrected chi connectivity index (χ1v) is 10.9. The molecule has 0 fully saturated rings. The molecule has 0 unspecified atom stereocenters. The van der Waals surface area contributed by atoms with Crippen LogP contribution in [0.4, 0.5) is 13.2 Å². The Morgan fingerprint density at radius 2 is 1.61 bits per heavy atom. The lowest BCUT2D eigenvalue weighted by Crippen LogP contribution is -2.37. The van der Waals surface area contributed by atoms with Gasteiger partial charge in [0.25, 0.3) is 5.56 Å². The van der Waals surface area contributed by atoms with Gasteiger partial charge in [0.15, 0.2) is 11.2 Å². The van der Waals surface area contributed by atoms with Gasteiger partial charge >= 0.3 is 18.1 Å². The second-order valence-electron chi connectivity index (χ2n) is 8.54. The summed E-state index contributed by atoms with van der Waals surface area (Å²) in [6.45, 7) is 0.865. The van der Waals surface area contributed by atoms with Gasteiger partial charge in [-0.2, -0.15) is 4.98 Å². The van der Waals surface area contributed by atoms with E-state index in [-0.39, 0.29) is 29.5 Å². The molecule has 0 amide bonds. The molecular weight excluding hydrogens is 479 g/mol. The van der Waals surface area contributed by atoms with Gasteiger partial charge in [0.1, 0.15) is 11.5 Å². The van der Waals surface area contributed by atoms with E-state index >= 15 is 0 Å². The standard InChI is InChI=1S/C24H24F3N5O4/c1-29(2)13-15-7-5-8-16(11-15)14-32-19-20(30(3)23(34)31(4)21(19)33)28-22(32)35-17-9-6-10-18(12-17)36-24(25,26)27/h5-12H,13-14H2,1-4H3. The number of benzene rings is 2. The molecule has 0 aliphatic carbocycles. The summed E-state index contributed by atoms with van der Waals surface area (Å²) in [6.07, 6.45) is -4.87. The molecule has 36 heavy (non-hydrogen) atoms. The summed E-state index contributed by atoms with van der Waals surface area (Å²) in [4.78, 5) is 31.9. The smallest absolute Gasteiger partial charge is 0.425 e. The predicted molar refractivity (Wildman–Crippen MR) is 126 cm³/mol. The topological polar surface area (TPSA) is 83.5 Å². The summed E-state index contributed by atoms with van der Waals surface area (Å²) in [5.41, 5.74) is 0.942. The van der Waals surface area contributed by atoms with Gasteiger partial charge in [-0.1, -0.05) is 30.3 Å². The van der Waals surface area contributed by atoms with Crippen LogP contribution in [0.15, 0.2) is 58.1 Å². The Labute approximate surface area is 203 Å². The molecule has 4 aromatic rings. The first-order valence-electron chi connectivity index (χ1n) is 10.9. The van der Waals surface area contributed by atoms with E-state index in [4.69, 9.17) is 4.74 Å². The molecule has 9 nitrogen and oxygen atoms in total. The minimum atomic E-state index is -4.87. The van der Waals surface area contributed by atoms with E-state index < -0.39 is 23.4 Å². The zero-order valence-corrected chi connectivity index (χ0v) is 20.0. The van der Waals surface area contributed by atoms with Gasteiger partial charge < -0.3 is 14.4 Å². The SMILES string of the molecule is CN(C)Cc1cccc(Cn2c(Oc3cccc(OC(F)(F)F)c3)nc3c2c(=O)n(C)c(=O)n3C)c1. The average Bonchev–Trinajstić information content (AvgIpc) is 3.13. The quantitative estimate of drug-likeness (QED) is 0.385. The molecule has 4 rings (SSSR count). The van der Waals surface area contributed by atoms with Crippen molar-refractivity contribution in [2.24, 2.45) is 14.1 Å².